The largest absolute Gasteiger partial charge is 0.481 e. The first-order valence-electron chi connectivity index (χ1n) is 9.73. The molecule has 1 aromatic carbocycles. The number of hydrogen-bond donors (Lipinski definition) is 2. The van der Waals surface area contributed by atoms with E-state index in [1.54, 1.807) is 24.3 Å². The van der Waals surface area contributed by atoms with Crippen molar-refractivity contribution in [3.63, 3.8) is 0 Å². The molecule has 8 nitrogen and oxygen atoms in total. The third-order valence-electron chi connectivity index (χ3n) is 5.52. The van der Waals surface area contributed by atoms with Crippen LogP contribution in [0.3, 0.4) is 0 Å². The summed E-state index contributed by atoms with van der Waals surface area (Å²) in [5.41, 5.74) is 0.170. The average Bonchev–Trinajstić information content (AvgIpc) is 2.68. The van der Waals surface area contributed by atoms with Crippen molar-refractivity contribution in [2.75, 3.05) is 6.54 Å². The van der Waals surface area contributed by atoms with Gasteiger partial charge in [-0.15, -0.1) is 5.10 Å². The van der Waals surface area contributed by atoms with Crippen LogP contribution >= 0.6 is 0 Å². The summed E-state index contributed by atoms with van der Waals surface area (Å²) in [4.78, 5) is 36.7. The predicted octanol–water partition coefficient (Wildman–Crippen LogP) is 2.00. The second-order valence-corrected chi connectivity index (χ2v) is 7.85. The molecule has 28 heavy (non-hydrogen) atoms. The standard InChI is InChI=1S/C20H26N4O4/c1-12(2)17(24-19(26)15-5-3-4-6-16(15)22-23-24)18(25)21-11-13-7-9-14(10-8-13)20(27)28/h3-6,12-14,17H,7-11H2,1-2H3,(H,21,25)(H,27,28)/t13?,14?,17-/m1/s1. The van der Waals surface area contributed by atoms with E-state index in [4.69, 9.17) is 5.11 Å². The highest BCUT2D eigenvalue weighted by Crippen LogP contribution is 2.28. The van der Waals surface area contributed by atoms with Gasteiger partial charge in [-0.25, -0.2) is 0 Å². The summed E-state index contributed by atoms with van der Waals surface area (Å²) in [6.07, 6.45) is 2.83. The van der Waals surface area contributed by atoms with Crippen molar-refractivity contribution < 1.29 is 14.7 Å². The molecule has 1 aromatic heterocycles. The van der Waals surface area contributed by atoms with Gasteiger partial charge in [0.05, 0.1) is 11.3 Å². The number of nitrogens with one attached hydrogen (secondary N) is 1. The van der Waals surface area contributed by atoms with Gasteiger partial charge in [0.15, 0.2) is 0 Å². The Labute approximate surface area is 162 Å². The minimum atomic E-state index is -0.750. The van der Waals surface area contributed by atoms with Crippen LogP contribution in [0.15, 0.2) is 29.1 Å². The number of aromatic nitrogens is 3. The maximum absolute atomic E-state index is 12.9. The van der Waals surface area contributed by atoms with Crippen LogP contribution in [0.5, 0.6) is 0 Å². The van der Waals surface area contributed by atoms with E-state index >= 15 is 0 Å². The Morgan fingerprint density at radius 2 is 1.89 bits per heavy atom. The van der Waals surface area contributed by atoms with Gasteiger partial charge < -0.3 is 10.4 Å². The van der Waals surface area contributed by atoms with Crippen LogP contribution in [0.4, 0.5) is 0 Å². The lowest BCUT2D eigenvalue weighted by Crippen LogP contribution is -2.43. The smallest absolute Gasteiger partial charge is 0.306 e. The van der Waals surface area contributed by atoms with Crippen molar-refractivity contribution in [2.45, 2.75) is 45.6 Å². The average molecular weight is 386 g/mol. The highest BCUT2D eigenvalue weighted by Gasteiger charge is 2.29. The highest BCUT2D eigenvalue weighted by atomic mass is 16.4. The number of amides is 1. The summed E-state index contributed by atoms with van der Waals surface area (Å²) < 4.78 is 1.17. The maximum atomic E-state index is 12.9. The lowest BCUT2D eigenvalue weighted by atomic mass is 9.82. The molecule has 0 unspecified atom stereocenters. The zero-order valence-corrected chi connectivity index (χ0v) is 16.2. The third kappa shape index (κ3) is 4.21. The molecule has 0 spiro atoms. The van der Waals surface area contributed by atoms with Gasteiger partial charge in [0.2, 0.25) is 5.91 Å². The highest BCUT2D eigenvalue weighted by molar-refractivity contribution is 5.81. The molecule has 0 radical (unpaired) electrons. The Hall–Kier alpha value is -2.77. The summed E-state index contributed by atoms with van der Waals surface area (Å²) in [6, 6.07) is 6.19. The van der Waals surface area contributed by atoms with Gasteiger partial charge in [-0.05, 0) is 49.7 Å². The molecule has 1 saturated carbocycles. The Morgan fingerprint density at radius 3 is 2.54 bits per heavy atom. The molecule has 8 heteroatoms. The number of fused-ring (bicyclic) bond motifs is 1. The molecule has 0 bridgehead atoms. The molecule has 1 aliphatic carbocycles. The molecule has 1 atom stereocenters. The molecule has 0 aliphatic heterocycles. The summed E-state index contributed by atoms with van der Waals surface area (Å²) in [5.74, 6) is -1.16. The van der Waals surface area contributed by atoms with Gasteiger partial charge >= 0.3 is 5.97 Å². The van der Waals surface area contributed by atoms with Crippen molar-refractivity contribution >= 4 is 22.8 Å². The number of carbonyl (C=O) groups excluding carboxylic acids is 1. The van der Waals surface area contributed by atoms with E-state index in [1.165, 1.54) is 4.68 Å². The Morgan fingerprint density at radius 1 is 1.21 bits per heavy atom. The van der Waals surface area contributed by atoms with Crippen molar-refractivity contribution in [2.24, 2.45) is 17.8 Å². The fourth-order valence-electron chi connectivity index (χ4n) is 3.84. The van der Waals surface area contributed by atoms with Gasteiger partial charge in [0, 0.05) is 6.54 Å². The molecular weight excluding hydrogens is 360 g/mol. The Kier molecular flexibility index (Phi) is 6.06. The van der Waals surface area contributed by atoms with Gasteiger partial charge in [0.1, 0.15) is 11.6 Å². The first-order chi connectivity index (χ1) is 13.4. The molecule has 2 N–H and O–H groups in total. The number of hydrogen-bond acceptors (Lipinski definition) is 5. The Bertz CT molecular complexity index is 916. The van der Waals surface area contributed by atoms with Crippen LogP contribution in [0.25, 0.3) is 10.9 Å². The zero-order valence-electron chi connectivity index (χ0n) is 16.2. The van der Waals surface area contributed by atoms with Crippen molar-refractivity contribution in [1.29, 1.82) is 0 Å². The van der Waals surface area contributed by atoms with Gasteiger partial charge in [-0.3, -0.25) is 14.4 Å². The summed E-state index contributed by atoms with van der Waals surface area (Å²) in [6.45, 7) is 4.21. The van der Waals surface area contributed by atoms with Gasteiger partial charge in [0.25, 0.3) is 5.56 Å². The fourth-order valence-corrected chi connectivity index (χ4v) is 3.84. The molecule has 1 amide bonds. The molecular formula is C20H26N4O4. The molecule has 0 saturated heterocycles. The van der Waals surface area contributed by atoms with E-state index in [1.807, 2.05) is 13.8 Å². The van der Waals surface area contributed by atoms with Crippen LogP contribution < -0.4 is 10.9 Å². The molecule has 150 valence electrons. The first kappa shape index (κ1) is 20.0. The minimum Gasteiger partial charge on any atom is -0.481 e. The van der Waals surface area contributed by atoms with Crippen LogP contribution in [0.1, 0.15) is 45.6 Å². The number of carboxylic acid groups (broad SMARTS) is 1. The number of aliphatic carboxylic acids is 1. The second-order valence-electron chi connectivity index (χ2n) is 7.85. The lowest BCUT2D eigenvalue weighted by molar-refractivity contribution is -0.143. The van der Waals surface area contributed by atoms with Gasteiger partial charge in [-0.2, -0.15) is 4.68 Å². The quantitative estimate of drug-likeness (QED) is 0.785. The molecule has 1 aliphatic rings. The summed E-state index contributed by atoms with van der Waals surface area (Å²) in [7, 11) is 0. The molecule has 3 rings (SSSR count). The third-order valence-corrected chi connectivity index (χ3v) is 5.52. The maximum Gasteiger partial charge on any atom is 0.306 e. The minimum absolute atomic E-state index is 0.143. The summed E-state index contributed by atoms with van der Waals surface area (Å²) in [5, 5.41) is 20.5. The van der Waals surface area contributed by atoms with Gasteiger partial charge in [-0.1, -0.05) is 31.2 Å². The topological polar surface area (TPSA) is 114 Å². The van der Waals surface area contributed by atoms with Crippen molar-refractivity contribution in [3.05, 3.63) is 34.6 Å². The van der Waals surface area contributed by atoms with Crippen LogP contribution in [-0.2, 0) is 9.59 Å². The normalized spacial score (nSPS) is 20.8. The van der Waals surface area contributed by atoms with E-state index in [0.29, 0.717) is 30.3 Å². The number of benzene rings is 1. The van der Waals surface area contributed by atoms with E-state index in [2.05, 4.69) is 15.6 Å². The van der Waals surface area contributed by atoms with Crippen molar-refractivity contribution in [1.82, 2.24) is 20.3 Å². The van der Waals surface area contributed by atoms with Crippen LogP contribution in [0.2, 0.25) is 0 Å². The van der Waals surface area contributed by atoms with E-state index in [9.17, 15) is 14.4 Å². The Balaban J connectivity index is 1.71. The molecule has 1 heterocycles. The monoisotopic (exact) mass is 386 g/mol. The summed E-state index contributed by atoms with van der Waals surface area (Å²) >= 11 is 0. The first-order valence-corrected chi connectivity index (χ1v) is 9.73. The van der Waals surface area contributed by atoms with Crippen molar-refractivity contribution in [3.8, 4) is 0 Å². The molecule has 1 fully saturated rings. The number of nitrogens with zero attached hydrogens (tertiary/aromatic N) is 3. The van der Waals surface area contributed by atoms with E-state index in [-0.39, 0.29) is 29.2 Å². The predicted molar refractivity (Wildman–Crippen MR) is 104 cm³/mol. The number of carbonyl (C=O) groups is 2. The molecule has 2 aromatic rings. The SMILES string of the molecule is CC(C)[C@H](C(=O)NCC1CCC(C(=O)O)CC1)n1nnc2ccccc2c1=O. The van der Waals surface area contributed by atoms with Crippen LogP contribution in [-0.4, -0.2) is 38.5 Å². The van der Waals surface area contributed by atoms with E-state index < -0.39 is 12.0 Å². The lowest BCUT2D eigenvalue weighted by Gasteiger charge is -2.27. The van der Waals surface area contributed by atoms with Crippen LogP contribution in [0, 0.1) is 17.8 Å². The fraction of sp³-hybridized carbons (Fsp3) is 0.550. The zero-order chi connectivity index (χ0) is 20.3. The second kappa shape index (κ2) is 8.50. The number of rotatable bonds is 6. The van der Waals surface area contributed by atoms with E-state index in [0.717, 1.165) is 12.8 Å². The number of carboxylic acids is 1.